The Bertz CT molecular complexity index is 2010. The number of hydrogen-bond donors (Lipinski definition) is 0. The van der Waals surface area contributed by atoms with E-state index in [0.717, 1.165) is 33.5 Å². The molecule has 1 aliphatic rings. The summed E-state index contributed by atoms with van der Waals surface area (Å²) in [5, 5.41) is 2.51. The van der Waals surface area contributed by atoms with E-state index < -0.39 is 0 Å². The van der Waals surface area contributed by atoms with Gasteiger partial charge in [0.05, 0.1) is 22.4 Å². The molecule has 8 rings (SSSR count). The number of fused-ring (bicyclic) bond motifs is 7. The topological polar surface area (TPSA) is 30.7 Å². The second-order valence-corrected chi connectivity index (χ2v) is 11.1. The molecule has 3 nitrogen and oxygen atoms in total. The van der Waals surface area contributed by atoms with E-state index in [1.54, 1.807) is 0 Å². The van der Waals surface area contributed by atoms with Crippen molar-refractivity contribution in [2.75, 3.05) is 0 Å². The highest BCUT2D eigenvalue weighted by Gasteiger charge is 2.38. The van der Waals surface area contributed by atoms with Gasteiger partial charge in [0.25, 0.3) is 0 Å². The summed E-state index contributed by atoms with van der Waals surface area (Å²) in [5.41, 5.74) is 11.5. The fourth-order valence-electron chi connectivity index (χ4n) is 6.60. The molecule has 40 heavy (non-hydrogen) atoms. The van der Waals surface area contributed by atoms with Gasteiger partial charge in [0.2, 0.25) is 5.95 Å². The lowest BCUT2D eigenvalue weighted by Gasteiger charge is -2.22. The summed E-state index contributed by atoms with van der Waals surface area (Å²) in [4.78, 5) is 10.4. The molecular formula is C37H27N3. The van der Waals surface area contributed by atoms with E-state index in [1.807, 2.05) is 12.1 Å². The third-order valence-corrected chi connectivity index (χ3v) is 8.41. The lowest BCUT2D eigenvalue weighted by molar-refractivity contribution is 0.666. The second kappa shape index (κ2) is 8.49. The monoisotopic (exact) mass is 513 g/mol. The van der Waals surface area contributed by atoms with Crippen molar-refractivity contribution in [3.63, 3.8) is 0 Å². The Kier molecular flexibility index (Phi) is 4.86. The largest absolute Gasteiger partial charge is 0.278 e. The Labute approximate surface area is 233 Å². The van der Waals surface area contributed by atoms with E-state index in [-0.39, 0.29) is 5.41 Å². The maximum absolute atomic E-state index is 5.19. The van der Waals surface area contributed by atoms with Crippen molar-refractivity contribution in [2.45, 2.75) is 19.3 Å². The molecule has 2 heterocycles. The highest BCUT2D eigenvalue weighted by Crippen LogP contribution is 2.53. The molecule has 7 aromatic rings. The van der Waals surface area contributed by atoms with Gasteiger partial charge in [-0.2, -0.15) is 0 Å². The predicted molar refractivity (Wildman–Crippen MR) is 165 cm³/mol. The molecule has 0 amide bonds. The van der Waals surface area contributed by atoms with Crippen molar-refractivity contribution in [1.29, 1.82) is 0 Å². The molecule has 0 atom stereocenters. The fraction of sp³-hybridized carbons (Fsp3) is 0.0811. The molecule has 0 saturated carbocycles. The van der Waals surface area contributed by atoms with Crippen LogP contribution < -0.4 is 0 Å². The third kappa shape index (κ3) is 3.24. The average Bonchev–Trinajstić information content (AvgIpc) is 3.47. The highest BCUT2D eigenvalue weighted by atomic mass is 15.2. The first-order valence-electron chi connectivity index (χ1n) is 13.8. The molecule has 190 valence electrons. The molecule has 0 aliphatic heterocycles. The van der Waals surface area contributed by atoms with Gasteiger partial charge in [-0.3, -0.25) is 4.57 Å². The van der Waals surface area contributed by atoms with Crippen LogP contribution in [0.2, 0.25) is 0 Å². The molecule has 1 aliphatic carbocycles. The van der Waals surface area contributed by atoms with E-state index in [1.165, 1.54) is 33.0 Å². The van der Waals surface area contributed by atoms with Crippen molar-refractivity contribution in [3.8, 4) is 39.6 Å². The van der Waals surface area contributed by atoms with Crippen LogP contribution in [0.1, 0.15) is 25.0 Å². The quantitative estimate of drug-likeness (QED) is 0.236. The summed E-state index contributed by atoms with van der Waals surface area (Å²) < 4.78 is 2.25. The van der Waals surface area contributed by atoms with Gasteiger partial charge in [-0.15, -0.1) is 0 Å². The molecule has 0 saturated heterocycles. The molecule has 0 radical (unpaired) electrons. The minimum Gasteiger partial charge on any atom is -0.278 e. The van der Waals surface area contributed by atoms with Crippen LogP contribution in [0.3, 0.4) is 0 Å². The van der Waals surface area contributed by atoms with Gasteiger partial charge in [-0.05, 0) is 40.5 Å². The zero-order valence-electron chi connectivity index (χ0n) is 22.5. The first-order valence-corrected chi connectivity index (χ1v) is 13.8. The summed E-state index contributed by atoms with van der Waals surface area (Å²) in [7, 11) is 0. The third-order valence-electron chi connectivity index (χ3n) is 8.41. The van der Waals surface area contributed by atoms with E-state index in [4.69, 9.17) is 9.97 Å². The van der Waals surface area contributed by atoms with E-state index >= 15 is 0 Å². The van der Waals surface area contributed by atoms with Crippen LogP contribution in [-0.4, -0.2) is 14.5 Å². The van der Waals surface area contributed by atoms with Crippen LogP contribution in [-0.2, 0) is 5.41 Å². The SMILES string of the molecule is CC1(C)c2ccccc2-c2ccc3c(c21)c1ccccc1n3-c1nc(-c2ccccc2)cc(-c2ccccc2)n1. The molecule has 2 aromatic heterocycles. The first kappa shape index (κ1) is 22.9. The second-order valence-electron chi connectivity index (χ2n) is 11.1. The Hall–Kier alpha value is -5.02. The standard InChI is InChI=1S/C37H27N3/c1-37(2)29-19-11-9-17-26(29)27-21-22-33-34(35(27)37)28-18-10-12-20-32(28)40(33)36-38-30(24-13-5-3-6-14-24)23-31(39-36)25-15-7-4-8-16-25/h3-23H,1-2H3. The van der Waals surface area contributed by atoms with Crippen LogP contribution in [0.25, 0.3) is 61.4 Å². The lowest BCUT2D eigenvalue weighted by Crippen LogP contribution is -2.15. The lowest BCUT2D eigenvalue weighted by atomic mass is 9.80. The Morgan fingerprint density at radius 1 is 0.550 bits per heavy atom. The predicted octanol–water partition coefficient (Wildman–Crippen LogP) is 9.21. The van der Waals surface area contributed by atoms with Crippen molar-refractivity contribution < 1.29 is 0 Å². The van der Waals surface area contributed by atoms with Crippen LogP contribution >= 0.6 is 0 Å². The summed E-state index contributed by atoms with van der Waals surface area (Å²) in [6, 6.07) is 44.9. The van der Waals surface area contributed by atoms with Crippen LogP contribution in [0.15, 0.2) is 127 Å². The number of rotatable bonds is 3. The number of aromatic nitrogens is 3. The van der Waals surface area contributed by atoms with Crippen LogP contribution in [0.4, 0.5) is 0 Å². The van der Waals surface area contributed by atoms with E-state index in [9.17, 15) is 0 Å². The zero-order valence-corrected chi connectivity index (χ0v) is 22.5. The summed E-state index contributed by atoms with van der Waals surface area (Å²) >= 11 is 0. The molecule has 0 bridgehead atoms. The molecular weight excluding hydrogens is 486 g/mol. The van der Waals surface area contributed by atoms with Crippen LogP contribution in [0, 0.1) is 0 Å². The first-order chi connectivity index (χ1) is 19.6. The van der Waals surface area contributed by atoms with Crippen LogP contribution in [0.5, 0.6) is 0 Å². The van der Waals surface area contributed by atoms with Gasteiger partial charge in [0, 0.05) is 27.3 Å². The van der Waals surface area contributed by atoms with Gasteiger partial charge in [0.15, 0.2) is 0 Å². The minimum atomic E-state index is -0.123. The maximum Gasteiger partial charge on any atom is 0.235 e. The molecule has 0 spiro atoms. The van der Waals surface area contributed by atoms with Gasteiger partial charge in [-0.25, -0.2) is 9.97 Å². The molecule has 0 fully saturated rings. The summed E-state index contributed by atoms with van der Waals surface area (Å²) in [5.74, 6) is 0.680. The highest BCUT2D eigenvalue weighted by molar-refractivity contribution is 6.14. The smallest absolute Gasteiger partial charge is 0.235 e. The Balaban J connectivity index is 1.47. The zero-order chi connectivity index (χ0) is 26.8. The van der Waals surface area contributed by atoms with Gasteiger partial charge in [0.1, 0.15) is 0 Å². The molecule has 0 N–H and O–H groups in total. The summed E-state index contributed by atoms with van der Waals surface area (Å²) in [6.45, 7) is 4.70. The Morgan fingerprint density at radius 2 is 1.15 bits per heavy atom. The van der Waals surface area contributed by atoms with Gasteiger partial charge >= 0.3 is 0 Å². The van der Waals surface area contributed by atoms with Crippen molar-refractivity contribution >= 4 is 21.8 Å². The molecule has 3 heteroatoms. The van der Waals surface area contributed by atoms with E-state index in [2.05, 4.69) is 134 Å². The normalized spacial score (nSPS) is 13.4. The van der Waals surface area contributed by atoms with Crippen molar-refractivity contribution in [3.05, 3.63) is 139 Å². The number of para-hydroxylation sites is 1. The molecule has 5 aromatic carbocycles. The number of nitrogens with zero attached hydrogens (tertiary/aromatic N) is 3. The fourth-order valence-corrected chi connectivity index (χ4v) is 6.60. The maximum atomic E-state index is 5.19. The van der Waals surface area contributed by atoms with Gasteiger partial charge in [-0.1, -0.05) is 123 Å². The average molecular weight is 514 g/mol. The van der Waals surface area contributed by atoms with E-state index in [0.29, 0.717) is 5.95 Å². The Morgan fingerprint density at radius 3 is 1.85 bits per heavy atom. The number of hydrogen-bond acceptors (Lipinski definition) is 2. The summed E-state index contributed by atoms with van der Waals surface area (Å²) in [6.07, 6.45) is 0. The van der Waals surface area contributed by atoms with Crippen molar-refractivity contribution in [1.82, 2.24) is 14.5 Å². The molecule has 0 unspecified atom stereocenters. The van der Waals surface area contributed by atoms with Gasteiger partial charge < -0.3 is 0 Å². The van der Waals surface area contributed by atoms with Crippen molar-refractivity contribution in [2.24, 2.45) is 0 Å². The number of benzene rings is 5. The minimum absolute atomic E-state index is 0.123.